The Kier molecular flexibility index (Phi) is 4.82. The third-order valence-corrected chi connectivity index (χ3v) is 5.01. The number of rotatable bonds is 4. The normalized spacial score (nSPS) is 17.1. The van der Waals surface area contributed by atoms with Crippen LogP contribution in [0.5, 0.6) is 0 Å². The molecule has 1 aromatic carbocycles. The summed E-state index contributed by atoms with van der Waals surface area (Å²) >= 11 is 3.47. The van der Waals surface area contributed by atoms with Crippen molar-refractivity contribution in [2.24, 2.45) is 0 Å². The fraction of sp³-hybridized carbons (Fsp3) is 0.412. The quantitative estimate of drug-likeness (QED) is 0.768. The highest BCUT2D eigenvalue weighted by Crippen LogP contribution is 2.26. The lowest BCUT2D eigenvalue weighted by molar-refractivity contribution is 0.0943. The predicted octanol–water partition coefficient (Wildman–Crippen LogP) is 2.91. The average molecular weight is 377 g/mol. The summed E-state index contributed by atoms with van der Waals surface area (Å²) in [6.07, 6.45) is 1.03. The van der Waals surface area contributed by atoms with Crippen LogP contribution < -0.4 is 10.6 Å². The Labute approximate surface area is 144 Å². The number of aromatic nitrogens is 2. The molecule has 0 saturated carbocycles. The largest absolute Gasteiger partial charge is 0.349 e. The van der Waals surface area contributed by atoms with Gasteiger partial charge in [-0.3, -0.25) is 9.89 Å². The van der Waals surface area contributed by atoms with Crippen molar-refractivity contribution in [3.05, 3.63) is 51.3 Å². The maximum atomic E-state index is 12.4. The van der Waals surface area contributed by atoms with E-state index in [-0.39, 0.29) is 17.9 Å². The van der Waals surface area contributed by atoms with Crippen LogP contribution >= 0.6 is 15.9 Å². The molecular formula is C17H21BrN4O. The Morgan fingerprint density at radius 1 is 1.43 bits per heavy atom. The maximum Gasteiger partial charge on any atom is 0.273 e. The molecule has 0 radical (unpaired) electrons. The zero-order valence-corrected chi connectivity index (χ0v) is 14.9. The molecule has 1 aliphatic rings. The van der Waals surface area contributed by atoms with Gasteiger partial charge in [0.15, 0.2) is 5.69 Å². The van der Waals surface area contributed by atoms with Crippen LogP contribution in [0.1, 0.15) is 53.1 Å². The molecule has 6 heteroatoms. The van der Waals surface area contributed by atoms with Crippen molar-refractivity contribution in [2.45, 2.75) is 32.2 Å². The summed E-state index contributed by atoms with van der Waals surface area (Å²) in [5, 5.41) is 13.5. The number of nitrogens with one attached hydrogen (secondary N) is 3. The van der Waals surface area contributed by atoms with Crippen molar-refractivity contribution in [3.63, 3.8) is 0 Å². The smallest absolute Gasteiger partial charge is 0.273 e. The minimum Gasteiger partial charge on any atom is -0.349 e. The van der Waals surface area contributed by atoms with Gasteiger partial charge in [0, 0.05) is 12.6 Å². The van der Waals surface area contributed by atoms with Gasteiger partial charge in [-0.2, -0.15) is 5.10 Å². The Morgan fingerprint density at radius 2 is 2.22 bits per heavy atom. The van der Waals surface area contributed by atoms with E-state index >= 15 is 0 Å². The van der Waals surface area contributed by atoms with E-state index in [1.807, 2.05) is 6.07 Å². The van der Waals surface area contributed by atoms with Crippen molar-refractivity contribution >= 4 is 21.8 Å². The summed E-state index contributed by atoms with van der Waals surface area (Å²) in [6, 6.07) is 8.53. The molecule has 5 nitrogen and oxygen atoms in total. The van der Waals surface area contributed by atoms with Gasteiger partial charge in [0.2, 0.25) is 0 Å². The van der Waals surface area contributed by atoms with Crippen molar-refractivity contribution in [1.82, 2.24) is 20.8 Å². The van der Waals surface area contributed by atoms with E-state index in [4.69, 9.17) is 0 Å². The fourth-order valence-electron chi connectivity index (χ4n) is 2.93. The van der Waals surface area contributed by atoms with Crippen molar-refractivity contribution in [3.8, 4) is 0 Å². The van der Waals surface area contributed by atoms with Crippen LogP contribution in [0, 0.1) is 0 Å². The first-order valence-electron chi connectivity index (χ1n) is 7.91. The van der Waals surface area contributed by atoms with Gasteiger partial charge in [-0.1, -0.05) is 38.1 Å². The topological polar surface area (TPSA) is 69.8 Å². The molecule has 0 fully saturated rings. The summed E-state index contributed by atoms with van der Waals surface area (Å²) in [7, 11) is 0. The van der Waals surface area contributed by atoms with Crippen LogP contribution in [0.2, 0.25) is 0 Å². The Morgan fingerprint density at radius 3 is 2.96 bits per heavy atom. The number of benzene rings is 1. The van der Waals surface area contributed by atoms with E-state index in [2.05, 4.69) is 68.8 Å². The molecule has 0 saturated heterocycles. The summed E-state index contributed by atoms with van der Waals surface area (Å²) in [4.78, 5) is 12.4. The average Bonchev–Trinajstić information content (AvgIpc) is 2.94. The van der Waals surface area contributed by atoms with Crippen molar-refractivity contribution in [1.29, 1.82) is 0 Å². The number of amides is 1. The molecule has 0 spiro atoms. The lowest BCUT2D eigenvalue weighted by Crippen LogP contribution is -2.39. The molecule has 23 heavy (non-hydrogen) atoms. The lowest BCUT2D eigenvalue weighted by atomic mass is 9.94. The van der Waals surface area contributed by atoms with E-state index in [0.29, 0.717) is 12.2 Å². The van der Waals surface area contributed by atoms with Crippen LogP contribution in [0.4, 0.5) is 0 Å². The van der Waals surface area contributed by atoms with Gasteiger partial charge in [0.1, 0.15) is 0 Å². The van der Waals surface area contributed by atoms with E-state index in [1.165, 1.54) is 11.1 Å². The second-order valence-corrected chi connectivity index (χ2v) is 6.91. The molecule has 1 aromatic heterocycles. The highest BCUT2D eigenvalue weighted by molar-refractivity contribution is 9.10. The standard InChI is InChI=1S/C17H21BrN4O/c1-10(2)15-14(18)16(22-21-15)17(23)20-9-13-12-6-4-3-5-11(12)7-8-19-13/h3-6,10,13,19H,7-9H2,1-2H3,(H,20,23)(H,21,22). The molecule has 1 unspecified atom stereocenters. The molecule has 2 heterocycles. The van der Waals surface area contributed by atoms with Crippen LogP contribution in [-0.4, -0.2) is 29.2 Å². The molecule has 2 aromatic rings. The summed E-state index contributed by atoms with van der Waals surface area (Å²) in [6.45, 7) is 5.60. The van der Waals surface area contributed by atoms with Gasteiger partial charge in [0.05, 0.1) is 10.2 Å². The lowest BCUT2D eigenvalue weighted by Gasteiger charge is -2.27. The highest BCUT2D eigenvalue weighted by atomic mass is 79.9. The number of halogens is 1. The number of H-pyrrole nitrogens is 1. The van der Waals surface area contributed by atoms with Gasteiger partial charge in [0.25, 0.3) is 5.91 Å². The van der Waals surface area contributed by atoms with Gasteiger partial charge in [-0.05, 0) is 45.9 Å². The summed E-state index contributed by atoms with van der Waals surface area (Å²) < 4.78 is 0.752. The number of aromatic amines is 1. The molecule has 122 valence electrons. The first kappa shape index (κ1) is 16.2. The third-order valence-electron chi connectivity index (χ3n) is 4.21. The van der Waals surface area contributed by atoms with Gasteiger partial charge in [-0.15, -0.1) is 0 Å². The Balaban J connectivity index is 1.69. The van der Waals surface area contributed by atoms with E-state index in [0.717, 1.165) is 23.1 Å². The highest BCUT2D eigenvalue weighted by Gasteiger charge is 2.22. The minimum atomic E-state index is -0.162. The van der Waals surface area contributed by atoms with Gasteiger partial charge >= 0.3 is 0 Å². The molecule has 0 aliphatic carbocycles. The summed E-state index contributed by atoms with van der Waals surface area (Å²) in [5.41, 5.74) is 3.98. The molecule has 1 atom stereocenters. The maximum absolute atomic E-state index is 12.4. The van der Waals surface area contributed by atoms with Crippen LogP contribution in [0.15, 0.2) is 28.7 Å². The van der Waals surface area contributed by atoms with E-state index in [9.17, 15) is 4.79 Å². The number of hydrogen-bond donors (Lipinski definition) is 3. The molecule has 3 N–H and O–H groups in total. The number of carbonyl (C=O) groups is 1. The molecule has 1 aliphatic heterocycles. The SMILES string of the molecule is CC(C)c1[nH]nc(C(=O)NCC2NCCc3ccccc32)c1Br. The molecule has 0 bridgehead atoms. The Bertz CT molecular complexity index is 710. The summed E-state index contributed by atoms with van der Waals surface area (Å²) in [5.74, 6) is 0.121. The van der Waals surface area contributed by atoms with E-state index < -0.39 is 0 Å². The number of hydrogen-bond acceptors (Lipinski definition) is 3. The molecule has 3 rings (SSSR count). The van der Waals surface area contributed by atoms with E-state index in [1.54, 1.807) is 0 Å². The Hall–Kier alpha value is -1.66. The van der Waals surface area contributed by atoms with Crippen LogP contribution in [-0.2, 0) is 6.42 Å². The van der Waals surface area contributed by atoms with Crippen molar-refractivity contribution in [2.75, 3.05) is 13.1 Å². The third kappa shape index (κ3) is 3.33. The second-order valence-electron chi connectivity index (χ2n) is 6.12. The minimum absolute atomic E-state index is 0.145. The zero-order chi connectivity index (χ0) is 16.4. The zero-order valence-electron chi connectivity index (χ0n) is 13.3. The first-order valence-corrected chi connectivity index (χ1v) is 8.70. The number of fused-ring (bicyclic) bond motifs is 1. The van der Waals surface area contributed by atoms with Crippen molar-refractivity contribution < 1.29 is 4.79 Å². The monoisotopic (exact) mass is 376 g/mol. The van der Waals surface area contributed by atoms with Crippen LogP contribution in [0.25, 0.3) is 0 Å². The number of carbonyl (C=O) groups excluding carboxylic acids is 1. The van der Waals surface area contributed by atoms with Gasteiger partial charge < -0.3 is 10.6 Å². The number of nitrogens with zero attached hydrogens (tertiary/aromatic N) is 1. The first-order chi connectivity index (χ1) is 11.1. The van der Waals surface area contributed by atoms with Crippen LogP contribution in [0.3, 0.4) is 0 Å². The second kappa shape index (κ2) is 6.84. The van der Waals surface area contributed by atoms with Gasteiger partial charge in [-0.25, -0.2) is 0 Å². The molecular weight excluding hydrogens is 356 g/mol. The predicted molar refractivity (Wildman–Crippen MR) is 93.6 cm³/mol. The molecule has 1 amide bonds. The fourth-order valence-corrected chi connectivity index (χ4v) is 3.74.